The zero-order chi connectivity index (χ0) is 30.1. The molecule has 1 saturated carbocycles. The number of hydrogen-bond donors (Lipinski definition) is 2. The first-order valence-corrected chi connectivity index (χ1v) is 13.2. The Morgan fingerprint density at radius 1 is 1.14 bits per heavy atom. The highest BCUT2D eigenvalue weighted by molar-refractivity contribution is 5.95. The number of pyridine rings is 1. The molecule has 0 spiro atoms. The van der Waals surface area contributed by atoms with Crippen LogP contribution in [0.3, 0.4) is 0 Å². The molecule has 1 aliphatic rings. The van der Waals surface area contributed by atoms with Gasteiger partial charge in [-0.3, -0.25) is 4.79 Å². The number of hydrogen-bond acceptors (Lipinski definition) is 9. The van der Waals surface area contributed by atoms with Gasteiger partial charge < -0.3 is 30.2 Å². The minimum absolute atomic E-state index is 0.0517. The number of methoxy groups -OCH3 is 2. The molecule has 0 aliphatic heterocycles. The molecule has 2 aromatic heterocycles. The van der Waals surface area contributed by atoms with E-state index >= 15 is 8.78 Å². The number of aromatic nitrogens is 3. The van der Waals surface area contributed by atoms with Gasteiger partial charge in [0.2, 0.25) is 11.4 Å². The normalized spacial score (nSPS) is 13.1. The van der Waals surface area contributed by atoms with E-state index in [9.17, 15) is 9.59 Å². The number of fused-ring (bicyclic) bond motifs is 1. The molecule has 4 aromatic rings. The van der Waals surface area contributed by atoms with E-state index in [2.05, 4.69) is 9.97 Å². The third-order valence-electron chi connectivity index (χ3n) is 6.99. The number of halogens is 2. The largest absolute Gasteiger partial charge is 0.493 e. The average Bonchev–Trinajstić information content (AvgIpc) is 3.80. The molecule has 0 radical (unpaired) electrons. The first-order valence-electron chi connectivity index (χ1n) is 13.2. The summed E-state index contributed by atoms with van der Waals surface area (Å²) in [6.45, 7) is 1.67. The Balaban J connectivity index is 1.62. The molecule has 1 fully saturated rings. The molecule has 218 valence electrons. The zero-order valence-corrected chi connectivity index (χ0v) is 23.2. The number of esters is 1. The van der Waals surface area contributed by atoms with Gasteiger partial charge in [0.15, 0.2) is 17.3 Å². The van der Waals surface area contributed by atoms with Gasteiger partial charge in [-0.05, 0) is 49.6 Å². The van der Waals surface area contributed by atoms with Crippen molar-refractivity contribution in [1.29, 1.82) is 0 Å². The summed E-state index contributed by atoms with van der Waals surface area (Å²) in [5.74, 6) is -1.72. The van der Waals surface area contributed by atoms with Gasteiger partial charge in [0, 0.05) is 41.5 Å². The van der Waals surface area contributed by atoms with Crippen molar-refractivity contribution in [2.24, 2.45) is 0 Å². The monoisotopic (exact) mass is 577 g/mol. The van der Waals surface area contributed by atoms with Crippen LogP contribution >= 0.6 is 0 Å². The number of nitrogens with zero attached hydrogens (tertiary/aromatic N) is 3. The molecule has 12 heteroatoms. The van der Waals surface area contributed by atoms with E-state index in [1.165, 1.54) is 43.3 Å². The number of rotatable bonds is 9. The maximum absolute atomic E-state index is 16.1. The Bertz CT molecular complexity index is 1800. The fourth-order valence-electron chi connectivity index (χ4n) is 4.85. The molecule has 2 heterocycles. The van der Waals surface area contributed by atoms with Gasteiger partial charge in [-0.25, -0.2) is 18.6 Å². The second kappa shape index (κ2) is 11.5. The minimum Gasteiger partial charge on any atom is -0.493 e. The third kappa shape index (κ3) is 5.35. The van der Waals surface area contributed by atoms with Crippen molar-refractivity contribution in [3.05, 3.63) is 80.3 Å². The summed E-state index contributed by atoms with van der Waals surface area (Å²) >= 11 is 0. The lowest BCUT2D eigenvalue weighted by Crippen LogP contribution is -2.21. The average molecular weight is 578 g/mol. The first-order chi connectivity index (χ1) is 20.2. The highest BCUT2D eigenvalue weighted by Gasteiger charge is 2.30. The van der Waals surface area contributed by atoms with E-state index < -0.39 is 23.0 Å². The van der Waals surface area contributed by atoms with Crippen molar-refractivity contribution in [3.63, 3.8) is 0 Å². The van der Waals surface area contributed by atoms with Gasteiger partial charge in [-0.1, -0.05) is 6.08 Å². The van der Waals surface area contributed by atoms with Crippen LogP contribution in [0.15, 0.2) is 35.4 Å². The summed E-state index contributed by atoms with van der Waals surface area (Å²) in [4.78, 5) is 33.5. The Kier molecular flexibility index (Phi) is 7.79. The highest BCUT2D eigenvalue weighted by atomic mass is 19.1. The molecule has 42 heavy (non-hydrogen) atoms. The molecule has 0 amide bonds. The van der Waals surface area contributed by atoms with Crippen LogP contribution in [0.25, 0.3) is 23.1 Å². The van der Waals surface area contributed by atoms with Crippen molar-refractivity contribution in [1.82, 2.24) is 14.5 Å². The van der Waals surface area contributed by atoms with Crippen LogP contribution in [-0.4, -0.2) is 41.3 Å². The number of nitrogens with two attached hydrogens (primary N) is 2. The number of carbonyl (C=O) groups is 1. The minimum atomic E-state index is -0.967. The van der Waals surface area contributed by atoms with E-state index in [-0.39, 0.29) is 46.4 Å². The van der Waals surface area contributed by atoms with Crippen molar-refractivity contribution in [2.45, 2.75) is 32.2 Å². The van der Waals surface area contributed by atoms with Crippen molar-refractivity contribution in [2.75, 3.05) is 32.3 Å². The summed E-state index contributed by atoms with van der Waals surface area (Å²) in [7, 11) is 2.92. The number of benzene rings is 2. The fourth-order valence-corrected chi connectivity index (χ4v) is 4.85. The van der Waals surface area contributed by atoms with Crippen molar-refractivity contribution < 1.29 is 27.8 Å². The lowest BCUT2D eigenvalue weighted by molar-refractivity contribution is 0.0524. The quantitative estimate of drug-likeness (QED) is 0.217. The van der Waals surface area contributed by atoms with Gasteiger partial charge in [0.05, 0.1) is 31.7 Å². The number of ether oxygens (including phenoxy) is 3. The third-order valence-corrected chi connectivity index (χ3v) is 6.99. The Morgan fingerprint density at radius 3 is 2.55 bits per heavy atom. The van der Waals surface area contributed by atoms with Crippen LogP contribution in [0.1, 0.15) is 58.4 Å². The van der Waals surface area contributed by atoms with Gasteiger partial charge in [0.1, 0.15) is 17.2 Å². The lowest BCUT2D eigenvalue weighted by atomic mass is 10.0. The predicted molar refractivity (Wildman–Crippen MR) is 154 cm³/mol. The molecular weight excluding hydrogens is 548 g/mol. The number of anilines is 2. The fraction of sp³-hybridized carbons (Fsp3) is 0.267. The molecule has 0 bridgehead atoms. The molecule has 4 N–H and O–H groups in total. The van der Waals surface area contributed by atoms with Crippen LogP contribution in [0, 0.1) is 11.6 Å². The lowest BCUT2D eigenvalue weighted by Gasteiger charge is -2.15. The molecule has 10 nitrogen and oxygen atoms in total. The van der Waals surface area contributed by atoms with E-state index in [1.54, 1.807) is 19.1 Å². The van der Waals surface area contributed by atoms with Crippen molar-refractivity contribution >= 4 is 40.8 Å². The number of carbonyl (C=O) groups excluding carboxylic acids is 1. The highest BCUT2D eigenvalue weighted by Crippen LogP contribution is 2.39. The maximum atomic E-state index is 16.1. The molecular formula is C30H29F2N5O5. The molecule has 0 saturated heterocycles. The smallest absolute Gasteiger partial charge is 0.343 e. The summed E-state index contributed by atoms with van der Waals surface area (Å²) < 4.78 is 49.0. The van der Waals surface area contributed by atoms with E-state index in [0.717, 1.165) is 24.5 Å². The van der Waals surface area contributed by atoms with E-state index in [4.69, 9.17) is 25.7 Å². The predicted octanol–water partition coefficient (Wildman–Crippen LogP) is 4.52. The summed E-state index contributed by atoms with van der Waals surface area (Å²) in [6, 6.07) is 4.35. The standard InChI is InChI=1S/C30H29F2N5O5/c1-4-42-29(39)21-14-37(18-6-7-18)25-20(26(21)38)12-22(31)19(24(25)32)8-5-16-9-15(11-23(40-2)27(16)41-3)10-17-13-35-30(34)36-28(17)33/h5,8-9,11-14,18H,4,6-7,10H2,1-3H3,(H4,33,34,35,36)/b8-5-. The van der Waals surface area contributed by atoms with Gasteiger partial charge >= 0.3 is 5.97 Å². The zero-order valence-electron chi connectivity index (χ0n) is 23.2. The van der Waals surface area contributed by atoms with Crippen LogP contribution in [0.2, 0.25) is 0 Å². The van der Waals surface area contributed by atoms with Gasteiger partial charge in [-0.2, -0.15) is 4.98 Å². The summed E-state index contributed by atoms with van der Waals surface area (Å²) in [5, 5.41) is -0.232. The SMILES string of the molecule is CCOC(=O)c1cn(C2CC2)c2c(F)c(/C=C\c3cc(Cc4cnc(N)nc4N)cc(OC)c3OC)c(F)cc2c1=O. The van der Waals surface area contributed by atoms with E-state index in [0.29, 0.717) is 29.0 Å². The maximum Gasteiger partial charge on any atom is 0.343 e. The molecule has 0 unspecified atom stereocenters. The second-order valence-electron chi connectivity index (χ2n) is 9.78. The van der Waals surface area contributed by atoms with Gasteiger partial charge in [0.25, 0.3) is 0 Å². The first kappa shape index (κ1) is 28.5. The molecule has 1 aliphatic carbocycles. The van der Waals surface area contributed by atoms with E-state index in [1.807, 2.05) is 0 Å². The van der Waals surface area contributed by atoms with Crippen LogP contribution in [0.4, 0.5) is 20.5 Å². The van der Waals surface area contributed by atoms with Crippen molar-refractivity contribution in [3.8, 4) is 11.5 Å². The Morgan fingerprint density at radius 2 is 1.90 bits per heavy atom. The van der Waals surface area contributed by atoms with Crippen LogP contribution in [-0.2, 0) is 11.2 Å². The summed E-state index contributed by atoms with van der Waals surface area (Å²) in [5.41, 5.74) is 11.9. The van der Waals surface area contributed by atoms with Crippen LogP contribution in [0.5, 0.6) is 11.5 Å². The Labute approximate surface area is 239 Å². The molecule has 5 rings (SSSR count). The topological polar surface area (TPSA) is 145 Å². The van der Waals surface area contributed by atoms with Gasteiger partial charge in [-0.15, -0.1) is 0 Å². The molecule has 0 atom stereocenters. The Hall–Kier alpha value is -5.00. The number of nitrogen functional groups attached to an aromatic ring is 2. The summed E-state index contributed by atoms with van der Waals surface area (Å²) in [6.07, 6.45) is 7.38. The second-order valence-corrected chi connectivity index (χ2v) is 9.78. The molecule has 2 aromatic carbocycles. The van der Waals surface area contributed by atoms with Crippen LogP contribution < -0.4 is 26.4 Å².